The minimum absolute atomic E-state index is 0.109. The van der Waals surface area contributed by atoms with Crippen LogP contribution in [0.25, 0.3) is 38.0 Å². The van der Waals surface area contributed by atoms with Gasteiger partial charge in [-0.15, -0.1) is 11.3 Å². The lowest BCUT2D eigenvalue weighted by Crippen LogP contribution is -2.15. The Labute approximate surface area is 157 Å². The van der Waals surface area contributed by atoms with E-state index in [0.29, 0.717) is 26.4 Å². The van der Waals surface area contributed by atoms with E-state index in [2.05, 4.69) is 4.98 Å². The summed E-state index contributed by atoms with van der Waals surface area (Å²) in [5, 5.41) is 1.84. The molecule has 0 aliphatic heterocycles. The summed E-state index contributed by atoms with van der Waals surface area (Å²) >= 11 is 7.77. The molecule has 26 heavy (non-hydrogen) atoms. The number of nitrogens with zero attached hydrogens (tertiary/aromatic N) is 3. The summed E-state index contributed by atoms with van der Waals surface area (Å²) in [4.78, 5) is 24.2. The van der Waals surface area contributed by atoms with Crippen LogP contribution in [0.2, 0.25) is 5.02 Å². The van der Waals surface area contributed by atoms with Gasteiger partial charge in [0, 0.05) is 16.5 Å². The first kappa shape index (κ1) is 15.5. The number of aryl methyl sites for hydroxylation is 1. The number of para-hydroxylation sites is 1. The average Bonchev–Trinajstić information content (AvgIpc) is 2.99. The minimum atomic E-state index is -0.109. The second kappa shape index (κ2) is 5.62. The van der Waals surface area contributed by atoms with Crippen molar-refractivity contribution in [2.75, 3.05) is 0 Å². The number of thiazole rings is 1. The average molecular weight is 378 g/mol. The molecule has 0 N–H and O–H groups in total. The standard InChI is InChI=1S/C20H12ClN3OS/c1-11-18(12-6-3-2-4-7-12)24-19(25)14-10-22-17-13(8-5-9-15(17)21)16(14)23-20(24)26-11/h2-10H,1H3. The SMILES string of the molecule is Cc1sc2nc3c(cnc4c(Cl)cccc43)c(=O)n2c1-c1ccccc1. The van der Waals surface area contributed by atoms with Crippen molar-refractivity contribution in [1.29, 1.82) is 0 Å². The van der Waals surface area contributed by atoms with Crippen molar-refractivity contribution in [1.82, 2.24) is 14.4 Å². The van der Waals surface area contributed by atoms with Crippen LogP contribution in [0.4, 0.5) is 0 Å². The van der Waals surface area contributed by atoms with Gasteiger partial charge in [-0.3, -0.25) is 14.2 Å². The van der Waals surface area contributed by atoms with Crippen LogP contribution in [0.5, 0.6) is 0 Å². The first-order chi connectivity index (χ1) is 12.6. The highest BCUT2D eigenvalue weighted by molar-refractivity contribution is 7.17. The van der Waals surface area contributed by atoms with Gasteiger partial charge in [0.25, 0.3) is 5.56 Å². The summed E-state index contributed by atoms with van der Waals surface area (Å²) in [6.07, 6.45) is 1.58. The Hall–Kier alpha value is -2.76. The molecule has 3 aromatic heterocycles. The number of hydrogen-bond donors (Lipinski definition) is 0. The third-order valence-electron chi connectivity index (χ3n) is 4.50. The van der Waals surface area contributed by atoms with E-state index in [-0.39, 0.29) is 5.56 Å². The van der Waals surface area contributed by atoms with Gasteiger partial charge >= 0.3 is 0 Å². The molecule has 3 heterocycles. The molecule has 6 heteroatoms. The third kappa shape index (κ3) is 2.11. The first-order valence-electron chi connectivity index (χ1n) is 8.09. The van der Waals surface area contributed by atoms with Gasteiger partial charge in [-0.05, 0) is 18.6 Å². The second-order valence-electron chi connectivity index (χ2n) is 6.06. The predicted octanol–water partition coefficient (Wildman–Crippen LogP) is 5.09. The lowest BCUT2D eigenvalue weighted by Gasteiger charge is -2.06. The molecular formula is C20H12ClN3OS. The smallest absolute Gasteiger partial charge is 0.268 e. The van der Waals surface area contributed by atoms with Crippen molar-refractivity contribution in [3.05, 3.63) is 75.0 Å². The van der Waals surface area contributed by atoms with Crippen LogP contribution >= 0.6 is 22.9 Å². The Morgan fingerprint density at radius 3 is 2.62 bits per heavy atom. The highest BCUT2D eigenvalue weighted by Gasteiger charge is 2.17. The number of rotatable bonds is 1. The fourth-order valence-electron chi connectivity index (χ4n) is 3.34. The van der Waals surface area contributed by atoms with E-state index in [9.17, 15) is 4.79 Å². The summed E-state index contributed by atoms with van der Waals surface area (Å²) in [5.74, 6) is 0. The van der Waals surface area contributed by atoms with E-state index < -0.39 is 0 Å². The molecule has 0 saturated carbocycles. The van der Waals surface area contributed by atoms with Gasteiger partial charge in [0.1, 0.15) is 0 Å². The third-order valence-corrected chi connectivity index (χ3v) is 5.76. The Kier molecular flexibility index (Phi) is 3.35. The number of fused-ring (bicyclic) bond motifs is 4. The predicted molar refractivity (Wildman–Crippen MR) is 107 cm³/mol. The van der Waals surface area contributed by atoms with E-state index in [1.165, 1.54) is 11.3 Å². The fraction of sp³-hybridized carbons (Fsp3) is 0.0500. The Morgan fingerprint density at radius 2 is 1.81 bits per heavy atom. The molecule has 0 radical (unpaired) electrons. The van der Waals surface area contributed by atoms with Crippen molar-refractivity contribution >= 4 is 49.7 Å². The Morgan fingerprint density at radius 1 is 1.00 bits per heavy atom. The Bertz CT molecular complexity index is 1370. The lowest BCUT2D eigenvalue weighted by molar-refractivity contribution is 1.11. The van der Waals surface area contributed by atoms with Crippen LogP contribution in [0.1, 0.15) is 4.88 Å². The van der Waals surface area contributed by atoms with Crippen molar-refractivity contribution in [2.24, 2.45) is 0 Å². The van der Waals surface area contributed by atoms with E-state index in [4.69, 9.17) is 16.6 Å². The Balaban J connectivity index is 1.98. The van der Waals surface area contributed by atoms with Gasteiger partial charge in [-0.25, -0.2) is 4.98 Å². The zero-order valence-corrected chi connectivity index (χ0v) is 15.3. The van der Waals surface area contributed by atoms with Gasteiger partial charge in [0.05, 0.1) is 27.1 Å². The summed E-state index contributed by atoms with van der Waals surface area (Å²) in [6.45, 7) is 2.01. The molecule has 0 unspecified atom stereocenters. The number of aromatic nitrogens is 3. The summed E-state index contributed by atoms with van der Waals surface area (Å²) in [6, 6.07) is 15.4. The topological polar surface area (TPSA) is 47.3 Å². The van der Waals surface area contributed by atoms with Crippen molar-refractivity contribution in [3.63, 3.8) is 0 Å². The largest absolute Gasteiger partial charge is 0.268 e. The van der Waals surface area contributed by atoms with Gasteiger partial charge in [0.2, 0.25) is 0 Å². The zero-order valence-electron chi connectivity index (χ0n) is 13.7. The van der Waals surface area contributed by atoms with Gasteiger partial charge < -0.3 is 0 Å². The summed E-state index contributed by atoms with van der Waals surface area (Å²) in [7, 11) is 0. The molecule has 0 amide bonds. The van der Waals surface area contributed by atoms with E-state index >= 15 is 0 Å². The molecule has 4 nitrogen and oxygen atoms in total. The van der Waals surface area contributed by atoms with Crippen LogP contribution < -0.4 is 5.56 Å². The molecular weight excluding hydrogens is 366 g/mol. The molecule has 0 fully saturated rings. The number of halogens is 1. The van der Waals surface area contributed by atoms with E-state index in [1.54, 1.807) is 16.7 Å². The summed E-state index contributed by atoms with van der Waals surface area (Å²) < 4.78 is 1.69. The van der Waals surface area contributed by atoms with Gasteiger partial charge in [-0.1, -0.05) is 54.1 Å². The lowest BCUT2D eigenvalue weighted by atomic mass is 10.1. The first-order valence-corrected chi connectivity index (χ1v) is 9.29. The minimum Gasteiger partial charge on any atom is -0.268 e. The molecule has 0 aliphatic carbocycles. The molecule has 0 bridgehead atoms. The monoisotopic (exact) mass is 377 g/mol. The molecule has 5 aromatic rings. The molecule has 2 aromatic carbocycles. The molecule has 0 spiro atoms. The molecule has 0 atom stereocenters. The fourth-order valence-corrected chi connectivity index (χ4v) is 4.55. The highest BCUT2D eigenvalue weighted by atomic mass is 35.5. The van der Waals surface area contributed by atoms with Crippen LogP contribution in [0, 0.1) is 6.92 Å². The maximum Gasteiger partial charge on any atom is 0.268 e. The number of pyridine rings is 1. The second-order valence-corrected chi connectivity index (χ2v) is 7.65. The van der Waals surface area contributed by atoms with Crippen molar-refractivity contribution < 1.29 is 0 Å². The van der Waals surface area contributed by atoms with E-state index in [0.717, 1.165) is 21.5 Å². The van der Waals surface area contributed by atoms with Crippen LogP contribution in [0.3, 0.4) is 0 Å². The maximum absolute atomic E-state index is 13.3. The normalized spacial score (nSPS) is 11.6. The highest BCUT2D eigenvalue weighted by Crippen LogP contribution is 2.32. The van der Waals surface area contributed by atoms with E-state index in [1.807, 2.05) is 49.4 Å². The quantitative estimate of drug-likeness (QED) is 0.382. The van der Waals surface area contributed by atoms with Crippen LogP contribution in [0.15, 0.2) is 59.5 Å². The maximum atomic E-state index is 13.3. The van der Waals surface area contributed by atoms with Crippen molar-refractivity contribution in [2.45, 2.75) is 6.92 Å². The van der Waals surface area contributed by atoms with Crippen LogP contribution in [-0.4, -0.2) is 14.4 Å². The molecule has 5 rings (SSSR count). The van der Waals surface area contributed by atoms with Gasteiger partial charge in [-0.2, -0.15) is 0 Å². The molecule has 0 saturated heterocycles. The number of hydrogen-bond acceptors (Lipinski definition) is 4. The molecule has 126 valence electrons. The zero-order chi connectivity index (χ0) is 17.8. The molecule has 0 aliphatic rings. The van der Waals surface area contributed by atoms with Crippen LogP contribution in [-0.2, 0) is 0 Å². The van der Waals surface area contributed by atoms with Crippen molar-refractivity contribution in [3.8, 4) is 11.3 Å². The van der Waals surface area contributed by atoms with Gasteiger partial charge in [0.15, 0.2) is 4.96 Å². The summed E-state index contributed by atoms with van der Waals surface area (Å²) in [5.41, 5.74) is 3.08. The number of benzene rings is 2.